The van der Waals surface area contributed by atoms with Crippen LogP contribution in [0.3, 0.4) is 0 Å². The number of carboxylic acids is 1. The van der Waals surface area contributed by atoms with E-state index in [1.807, 2.05) is 0 Å². The lowest BCUT2D eigenvalue weighted by atomic mass is 10.2. The van der Waals surface area contributed by atoms with Crippen LogP contribution in [0, 0.1) is 5.82 Å². The zero-order valence-corrected chi connectivity index (χ0v) is 10.7. The molecule has 1 atom stereocenters. The minimum atomic E-state index is -1.01. The average molecular weight is 308 g/mol. The maximum atomic E-state index is 12.9. The number of rotatable bonds is 5. The van der Waals surface area contributed by atoms with Gasteiger partial charge in [0.05, 0.1) is 4.47 Å². The van der Waals surface area contributed by atoms with Crippen LogP contribution in [-0.4, -0.2) is 22.9 Å². The number of hydrogen-bond donors (Lipinski definition) is 2. The third-order valence-electron chi connectivity index (χ3n) is 1.87. The van der Waals surface area contributed by atoms with Crippen LogP contribution in [0.1, 0.15) is 5.56 Å². The van der Waals surface area contributed by atoms with Gasteiger partial charge in [0.15, 0.2) is 0 Å². The summed E-state index contributed by atoms with van der Waals surface area (Å²) < 4.78 is 13.3. The van der Waals surface area contributed by atoms with Gasteiger partial charge in [-0.1, -0.05) is 6.07 Å². The summed E-state index contributed by atoms with van der Waals surface area (Å²) in [6.45, 7) is 0. The highest BCUT2D eigenvalue weighted by atomic mass is 79.9. The lowest BCUT2D eigenvalue weighted by Crippen LogP contribution is -2.32. The molecule has 0 aliphatic carbocycles. The molecule has 0 spiro atoms. The molecule has 0 saturated heterocycles. The van der Waals surface area contributed by atoms with Crippen LogP contribution in [0.5, 0.6) is 0 Å². The van der Waals surface area contributed by atoms with E-state index in [-0.39, 0.29) is 5.82 Å². The normalized spacial score (nSPS) is 12.4. The third kappa shape index (κ3) is 4.11. The Kier molecular flexibility index (Phi) is 5.24. The number of carbonyl (C=O) groups is 1. The molecular weight excluding hydrogens is 297 g/mol. The zero-order valence-electron chi connectivity index (χ0n) is 8.32. The largest absolute Gasteiger partial charge is 0.480 e. The van der Waals surface area contributed by atoms with E-state index in [0.29, 0.717) is 16.0 Å². The Morgan fingerprint density at radius 3 is 2.88 bits per heavy atom. The first-order valence-corrected chi connectivity index (χ1v) is 6.45. The van der Waals surface area contributed by atoms with Crippen LogP contribution >= 0.6 is 27.7 Å². The molecule has 0 fully saturated rings. The number of nitrogens with two attached hydrogens (primary N) is 1. The van der Waals surface area contributed by atoms with Crippen molar-refractivity contribution in [2.24, 2.45) is 5.73 Å². The summed E-state index contributed by atoms with van der Waals surface area (Å²) in [6.07, 6.45) is 0. The van der Waals surface area contributed by atoms with Crippen molar-refractivity contribution in [3.63, 3.8) is 0 Å². The third-order valence-corrected chi connectivity index (χ3v) is 3.61. The Bertz CT molecular complexity index is 389. The number of thioether (sulfide) groups is 1. The first-order valence-electron chi connectivity index (χ1n) is 4.50. The van der Waals surface area contributed by atoms with Gasteiger partial charge in [0.2, 0.25) is 0 Å². The van der Waals surface area contributed by atoms with Gasteiger partial charge in [0.25, 0.3) is 0 Å². The maximum Gasteiger partial charge on any atom is 0.321 e. The molecule has 6 heteroatoms. The first-order chi connectivity index (χ1) is 7.50. The van der Waals surface area contributed by atoms with Crippen molar-refractivity contribution in [3.8, 4) is 0 Å². The highest BCUT2D eigenvalue weighted by Gasteiger charge is 2.11. The molecule has 0 aliphatic heterocycles. The van der Waals surface area contributed by atoms with Gasteiger partial charge in [-0.15, -0.1) is 0 Å². The number of aliphatic carboxylic acids is 1. The highest BCUT2D eigenvalue weighted by Crippen LogP contribution is 2.20. The van der Waals surface area contributed by atoms with Crippen molar-refractivity contribution >= 4 is 33.7 Å². The number of hydrogen-bond acceptors (Lipinski definition) is 3. The van der Waals surface area contributed by atoms with Gasteiger partial charge in [0, 0.05) is 11.5 Å². The van der Waals surface area contributed by atoms with Crippen molar-refractivity contribution in [3.05, 3.63) is 34.1 Å². The Balaban J connectivity index is 2.43. The van der Waals surface area contributed by atoms with E-state index in [1.165, 1.54) is 17.8 Å². The summed E-state index contributed by atoms with van der Waals surface area (Å²) in [5.74, 6) is -0.367. The molecule has 1 aromatic rings. The van der Waals surface area contributed by atoms with Gasteiger partial charge in [-0.05, 0) is 33.6 Å². The standard InChI is InChI=1S/C10H11BrFNO2S/c11-7-3-6(1-2-8(7)12)4-16-5-9(13)10(14)15/h1-3,9H,4-5,13H2,(H,14,15)/t9-/m1/s1. The molecule has 3 N–H and O–H groups in total. The number of benzene rings is 1. The maximum absolute atomic E-state index is 12.9. The van der Waals surface area contributed by atoms with E-state index in [1.54, 1.807) is 12.1 Å². The Morgan fingerprint density at radius 2 is 2.31 bits per heavy atom. The lowest BCUT2D eigenvalue weighted by Gasteiger charge is -2.06. The molecule has 1 aromatic carbocycles. The van der Waals surface area contributed by atoms with Gasteiger partial charge >= 0.3 is 5.97 Å². The van der Waals surface area contributed by atoms with Gasteiger partial charge in [0.1, 0.15) is 11.9 Å². The lowest BCUT2D eigenvalue weighted by molar-refractivity contribution is -0.137. The second kappa shape index (κ2) is 6.22. The van der Waals surface area contributed by atoms with E-state index in [4.69, 9.17) is 10.8 Å². The fraction of sp³-hybridized carbons (Fsp3) is 0.300. The summed E-state index contributed by atoms with van der Waals surface area (Å²) in [5, 5.41) is 8.56. The first kappa shape index (κ1) is 13.5. The van der Waals surface area contributed by atoms with Crippen LogP contribution in [0.25, 0.3) is 0 Å². The number of halogens is 2. The van der Waals surface area contributed by atoms with Crippen molar-refractivity contribution in [1.29, 1.82) is 0 Å². The summed E-state index contributed by atoms with van der Waals surface area (Å²) in [5.41, 5.74) is 6.27. The van der Waals surface area contributed by atoms with Crippen molar-refractivity contribution in [1.82, 2.24) is 0 Å². The van der Waals surface area contributed by atoms with E-state index in [2.05, 4.69) is 15.9 Å². The highest BCUT2D eigenvalue weighted by molar-refractivity contribution is 9.10. The summed E-state index contributed by atoms with van der Waals surface area (Å²) in [7, 11) is 0. The molecular formula is C10H11BrFNO2S. The Hall–Kier alpha value is -0.590. The number of carboxylic acid groups (broad SMARTS) is 1. The molecule has 0 bridgehead atoms. The zero-order chi connectivity index (χ0) is 12.1. The molecule has 1 rings (SSSR count). The Morgan fingerprint density at radius 1 is 1.62 bits per heavy atom. The second-order valence-corrected chi connectivity index (χ2v) is 5.09. The van der Waals surface area contributed by atoms with Gasteiger partial charge in [-0.3, -0.25) is 4.79 Å². The molecule has 0 radical (unpaired) electrons. The molecule has 16 heavy (non-hydrogen) atoms. The van der Waals surface area contributed by atoms with Crippen LogP contribution < -0.4 is 5.73 Å². The van der Waals surface area contributed by atoms with E-state index in [9.17, 15) is 9.18 Å². The van der Waals surface area contributed by atoms with Crippen LogP contribution in [0.2, 0.25) is 0 Å². The molecule has 0 amide bonds. The summed E-state index contributed by atoms with van der Waals surface area (Å²) in [6, 6.07) is 3.86. The molecule has 0 heterocycles. The van der Waals surface area contributed by atoms with E-state index in [0.717, 1.165) is 5.56 Å². The quantitative estimate of drug-likeness (QED) is 0.875. The summed E-state index contributed by atoms with van der Waals surface area (Å²) >= 11 is 4.50. The molecule has 0 aromatic heterocycles. The molecule has 0 aliphatic rings. The monoisotopic (exact) mass is 307 g/mol. The van der Waals surface area contributed by atoms with Crippen LogP contribution in [0.4, 0.5) is 4.39 Å². The Labute approximate surface area is 105 Å². The molecule has 88 valence electrons. The van der Waals surface area contributed by atoms with Gasteiger partial charge in [-0.2, -0.15) is 11.8 Å². The smallest absolute Gasteiger partial charge is 0.321 e. The van der Waals surface area contributed by atoms with Crippen LogP contribution in [-0.2, 0) is 10.5 Å². The fourth-order valence-electron chi connectivity index (χ4n) is 1.00. The fourth-order valence-corrected chi connectivity index (χ4v) is 2.36. The minimum absolute atomic E-state index is 0.309. The topological polar surface area (TPSA) is 63.3 Å². The SMILES string of the molecule is N[C@H](CSCc1ccc(F)c(Br)c1)C(=O)O. The van der Waals surface area contributed by atoms with Crippen LogP contribution in [0.15, 0.2) is 22.7 Å². The van der Waals surface area contributed by atoms with Crippen molar-refractivity contribution < 1.29 is 14.3 Å². The minimum Gasteiger partial charge on any atom is -0.480 e. The predicted molar refractivity (Wildman–Crippen MR) is 65.9 cm³/mol. The molecule has 0 saturated carbocycles. The second-order valence-electron chi connectivity index (χ2n) is 3.21. The summed E-state index contributed by atoms with van der Waals surface area (Å²) in [4.78, 5) is 10.4. The average Bonchev–Trinajstić information content (AvgIpc) is 2.23. The van der Waals surface area contributed by atoms with E-state index >= 15 is 0 Å². The molecule has 0 unspecified atom stereocenters. The predicted octanol–water partition coefficient (Wildman–Crippen LogP) is 2.23. The van der Waals surface area contributed by atoms with Crippen molar-refractivity contribution in [2.75, 3.05) is 5.75 Å². The molecule has 3 nitrogen and oxygen atoms in total. The van der Waals surface area contributed by atoms with Gasteiger partial charge in [-0.25, -0.2) is 4.39 Å². The van der Waals surface area contributed by atoms with Gasteiger partial charge < -0.3 is 10.8 Å². The van der Waals surface area contributed by atoms with Crippen molar-refractivity contribution in [2.45, 2.75) is 11.8 Å². The van der Waals surface area contributed by atoms with E-state index < -0.39 is 12.0 Å².